The lowest BCUT2D eigenvalue weighted by Crippen LogP contribution is -2.19. The summed E-state index contributed by atoms with van der Waals surface area (Å²) in [6, 6.07) is 0. The van der Waals surface area contributed by atoms with Gasteiger partial charge in [-0.1, -0.05) is 18.2 Å². The first-order chi connectivity index (χ1) is 6.78. The number of fused-ring (bicyclic) bond motifs is 2. The summed E-state index contributed by atoms with van der Waals surface area (Å²) in [4.78, 5) is 10.6. The fraction of sp³-hybridized carbons (Fsp3) is 0.182. The van der Waals surface area contributed by atoms with Gasteiger partial charge in [-0.25, -0.2) is 0 Å². The summed E-state index contributed by atoms with van der Waals surface area (Å²) in [5, 5.41) is 2.94. The molecular weight excluding hydrogens is 198 g/mol. The zero-order valence-corrected chi connectivity index (χ0v) is 8.29. The number of halogens is 1. The first kappa shape index (κ1) is 9.28. The molecule has 1 aliphatic heterocycles. The van der Waals surface area contributed by atoms with Crippen molar-refractivity contribution in [2.45, 2.75) is 11.8 Å². The van der Waals surface area contributed by atoms with Crippen LogP contribution in [0.3, 0.4) is 0 Å². The Balaban J connectivity index is 2.40. The van der Waals surface area contributed by atoms with Crippen molar-refractivity contribution in [2.24, 2.45) is 0 Å². The molecule has 3 heteroatoms. The van der Waals surface area contributed by atoms with Gasteiger partial charge >= 0.3 is 0 Å². The minimum atomic E-state index is -0.0925. The van der Waals surface area contributed by atoms with Gasteiger partial charge in [0.15, 0.2) is 6.29 Å². The molecule has 2 aliphatic rings. The van der Waals surface area contributed by atoms with Crippen molar-refractivity contribution in [3.63, 3.8) is 0 Å². The molecule has 14 heavy (non-hydrogen) atoms. The molecule has 0 saturated heterocycles. The van der Waals surface area contributed by atoms with Crippen LogP contribution in [0.1, 0.15) is 6.42 Å². The molecule has 0 spiro atoms. The van der Waals surface area contributed by atoms with Crippen LogP contribution in [0.15, 0.2) is 47.3 Å². The second-order valence-electron chi connectivity index (χ2n) is 3.28. The van der Waals surface area contributed by atoms with Crippen LogP contribution in [0.4, 0.5) is 0 Å². The van der Waals surface area contributed by atoms with Gasteiger partial charge in [0.05, 0.1) is 11.1 Å². The Morgan fingerprint density at radius 3 is 3.21 bits per heavy atom. The fourth-order valence-corrected chi connectivity index (χ4v) is 1.79. The number of allylic oxidation sites excluding steroid dienone is 7. The van der Waals surface area contributed by atoms with Gasteiger partial charge in [-0.15, -0.1) is 11.6 Å². The highest BCUT2D eigenvalue weighted by atomic mass is 35.5. The molecule has 0 fully saturated rings. The predicted molar refractivity (Wildman–Crippen MR) is 56.8 cm³/mol. The largest absolute Gasteiger partial charge is 0.356 e. The molecule has 0 aromatic rings. The molecule has 0 aromatic heterocycles. The summed E-state index contributed by atoms with van der Waals surface area (Å²) in [7, 11) is 0. The lowest BCUT2D eigenvalue weighted by atomic mass is 10.0. The van der Waals surface area contributed by atoms with Crippen molar-refractivity contribution in [2.75, 3.05) is 0 Å². The minimum absolute atomic E-state index is 0.0925. The van der Waals surface area contributed by atoms with E-state index in [1.807, 2.05) is 30.4 Å². The van der Waals surface area contributed by atoms with Crippen LogP contribution >= 0.6 is 11.6 Å². The number of hydrogen-bond donors (Lipinski definition) is 1. The normalized spacial score (nSPS) is 32.4. The molecule has 1 atom stereocenters. The molecule has 0 aromatic carbocycles. The molecule has 2 bridgehead atoms. The SMILES string of the molecule is O=CC1=C/C2=C/C(Cl)C=C/C=C(\C2)N1. The first-order valence-corrected chi connectivity index (χ1v) is 4.87. The highest BCUT2D eigenvalue weighted by molar-refractivity contribution is 6.23. The number of carbonyl (C=O) groups is 1. The molecule has 0 amide bonds. The summed E-state index contributed by atoms with van der Waals surface area (Å²) in [5.74, 6) is 0. The Kier molecular flexibility index (Phi) is 2.55. The topological polar surface area (TPSA) is 29.1 Å². The van der Waals surface area contributed by atoms with Crippen molar-refractivity contribution in [3.05, 3.63) is 47.3 Å². The Hall–Kier alpha value is -1.28. The summed E-state index contributed by atoms with van der Waals surface area (Å²) >= 11 is 6.00. The van der Waals surface area contributed by atoms with Gasteiger partial charge in [0.25, 0.3) is 0 Å². The zero-order chi connectivity index (χ0) is 9.97. The van der Waals surface area contributed by atoms with Crippen LogP contribution < -0.4 is 5.32 Å². The van der Waals surface area contributed by atoms with Crippen molar-refractivity contribution in [1.29, 1.82) is 0 Å². The van der Waals surface area contributed by atoms with E-state index in [1.54, 1.807) is 0 Å². The van der Waals surface area contributed by atoms with E-state index >= 15 is 0 Å². The Morgan fingerprint density at radius 2 is 2.43 bits per heavy atom. The standard InChI is InChI=1S/C11H10ClNO/c12-9-2-1-3-10-5-8(4-9)6-11(7-14)13-10/h1-4,6-7,9,13H,5H2/b2-1?,8-4+,10-3+. The van der Waals surface area contributed by atoms with E-state index in [-0.39, 0.29) is 5.38 Å². The van der Waals surface area contributed by atoms with E-state index in [1.165, 1.54) is 0 Å². The van der Waals surface area contributed by atoms with E-state index < -0.39 is 0 Å². The van der Waals surface area contributed by atoms with Gasteiger partial charge in [-0.3, -0.25) is 4.79 Å². The van der Waals surface area contributed by atoms with E-state index in [0.717, 1.165) is 24.0 Å². The van der Waals surface area contributed by atoms with E-state index in [0.29, 0.717) is 5.70 Å². The van der Waals surface area contributed by atoms with Crippen LogP contribution in [0.25, 0.3) is 0 Å². The molecule has 1 heterocycles. The highest BCUT2D eigenvalue weighted by Gasteiger charge is 2.12. The summed E-state index contributed by atoms with van der Waals surface area (Å²) in [6.45, 7) is 0. The highest BCUT2D eigenvalue weighted by Crippen LogP contribution is 2.21. The van der Waals surface area contributed by atoms with Crippen LogP contribution in [0.2, 0.25) is 0 Å². The van der Waals surface area contributed by atoms with Crippen LogP contribution in [-0.2, 0) is 4.79 Å². The molecule has 72 valence electrons. The van der Waals surface area contributed by atoms with Gasteiger partial charge in [0.1, 0.15) is 0 Å². The quantitative estimate of drug-likeness (QED) is 0.527. The lowest BCUT2D eigenvalue weighted by Gasteiger charge is -2.19. The predicted octanol–water partition coefficient (Wildman–Crippen LogP) is 2.05. The fourth-order valence-electron chi connectivity index (χ4n) is 1.55. The Labute approximate surface area is 87.6 Å². The number of nitrogens with one attached hydrogen (secondary N) is 1. The zero-order valence-electron chi connectivity index (χ0n) is 7.53. The molecule has 1 N–H and O–H groups in total. The number of aldehydes is 1. The first-order valence-electron chi connectivity index (χ1n) is 4.44. The molecule has 2 rings (SSSR count). The number of hydrogen-bond acceptors (Lipinski definition) is 2. The third-order valence-electron chi connectivity index (χ3n) is 2.13. The second-order valence-corrected chi connectivity index (χ2v) is 3.79. The molecule has 0 saturated carbocycles. The van der Waals surface area contributed by atoms with E-state index in [9.17, 15) is 4.79 Å². The van der Waals surface area contributed by atoms with Crippen molar-refractivity contribution < 1.29 is 4.79 Å². The average molecular weight is 208 g/mol. The smallest absolute Gasteiger partial charge is 0.166 e. The number of alkyl halides is 1. The maximum Gasteiger partial charge on any atom is 0.166 e. The third-order valence-corrected chi connectivity index (χ3v) is 2.40. The number of rotatable bonds is 1. The maximum absolute atomic E-state index is 10.6. The van der Waals surface area contributed by atoms with Crippen molar-refractivity contribution >= 4 is 17.9 Å². The Morgan fingerprint density at radius 1 is 1.57 bits per heavy atom. The van der Waals surface area contributed by atoms with Gasteiger partial charge in [0, 0.05) is 12.1 Å². The monoisotopic (exact) mass is 207 g/mol. The third kappa shape index (κ3) is 1.96. The summed E-state index contributed by atoms with van der Waals surface area (Å²) < 4.78 is 0. The van der Waals surface area contributed by atoms with Gasteiger partial charge < -0.3 is 5.32 Å². The summed E-state index contributed by atoms with van der Waals surface area (Å²) in [5.41, 5.74) is 2.70. The second kappa shape index (κ2) is 3.84. The molecule has 2 nitrogen and oxygen atoms in total. The van der Waals surface area contributed by atoms with E-state index in [4.69, 9.17) is 11.6 Å². The molecule has 1 unspecified atom stereocenters. The van der Waals surface area contributed by atoms with Crippen molar-refractivity contribution in [3.8, 4) is 0 Å². The van der Waals surface area contributed by atoms with Crippen LogP contribution in [0, 0.1) is 0 Å². The van der Waals surface area contributed by atoms with E-state index in [2.05, 4.69) is 5.32 Å². The van der Waals surface area contributed by atoms with Gasteiger partial charge in [0.2, 0.25) is 0 Å². The van der Waals surface area contributed by atoms with Crippen LogP contribution in [0.5, 0.6) is 0 Å². The lowest BCUT2D eigenvalue weighted by molar-refractivity contribution is -0.105. The molecule has 0 radical (unpaired) electrons. The maximum atomic E-state index is 10.6. The average Bonchev–Trinajstić information content (AvgIpc) is 2.15. The van der Waals surface area contributed by atoms with Gasteiger partial charge in [-0.2, -0.15) is 0 Å². The molecular formula is C11H10ClNO. The summed E-state index contributed by atoms with van der Waals surface area (Å²) in [6.07, 6.45) is 11.2. The van der Waals surface area contributed by atoms with Crippen LogP contribution in [-0.4, -0.2) is 11.7 Å². The molecule has 1 aliphatic carbocycles. The van der Waals surface area contributed by atoms with Crippen molar-refractivity contribution in [1.82, 2.24) is 5.32 Å². The Bertz CT molecular complexity index is 377. The van der Waals surface area contributed by atoms with Gasteiger partial charge in [-0.05, 0) is 17.7 Å². The number of carbonyl (C=O) groups excluding carboxylic acids is 1. The minimum Gasteiger partial charge on any atom is -0.356 e.